The van der Waals surface area contributed by atoms with Crippen LogP contribution < -0.4 is 4.74 Å². The zero-order valence-electron chi connectivity index (χ0n) is 12.4. The molecule has 0 saturated carbocycles. The quantitative estimate of drug-likeness (QED) is 0.720. The highest BCUT2D eigenvalue weighted by atomic mass is 16.5. The van der Waals surface area contributed by atoms with Crippen LogP contribution in [0.5, 0.6) is 5.88 Å². The number of aryl methyl sites for hydroxylation is 1. The molecule has 1 aromatic rings. The molecule has 0 N–H and O–H groups in total. The van der Waals surface area contributed by atoms with Crippen molar-refractivity contribution >= 4 is 0 Å². The Bertz CT molecular complexity index is 369. The van der Waals surface area contributed by atoms with Crippen molar-refractivity contribution in [2.45, 2.75) is 59.8 Å². The molecule has 0 spiro atoms. The topological polar surface area (TPSA) is 35.0 Å². The fourth-order valence-electron chi connectivity index (χ4n) is 1.94. The lowest BCUT2D eigenvalue weighted by molar-refractivity contribution is 0.374. The number of unbranched alkanes of at least 4 members (excludes halogenated alkanes) is 2. The van der Waals surface area contributed by atoms with Crippen molar-refractivity contribution in [2.24, 2.45) is 5.41 Å². The van der Waals surface area contributed by atoms with Crippen molar-refractivity contribution in [3.05, 3.63) is 17.6 Å². The maximum absolute atomic E-state index is 5.36. The van der Waals surface area contributed by atoms with Gasteiger partial charge in [-0.1, -0.05) is 40.5 Å². The first-order valence-electron chi connectivity index (χ1n) is 6.85. The van der Waals surface area contributed by atoms with Crippen LogP contribution in [0.3, 0.4) is 0 Å². The van der Waals surface area contributed by atoms with Crippen LogP contribution in [0.1, 0.15) is 58.3 Å². The van der Waals surface area contributed by atoms with Crippen LogP contribution in [-0.2, 0) is 12.8 Å². The SMILES string of the molecule is CCCCCc1ncc(CC(C)(C)C)nc1OC. The highest BCUT2D eigenvalue weighted by Crippen LogP contribution is 2.22. The first-order chi connectivity index (χ1) is 8.46. The average Bonchev–Trinajstić information content (AvgIpc) is 2.29. The number of hydrogen-bond acceptors (Lipinski definition) is 3. The van der Waals surface area contributed by atoms with Gasteiger partial charge in [0, 0.05) is 6.20 Å². The second-order valence-electron chi connectivity index (χ2n) is 6.01. The van der Waals surface area contributed by atoms with E-state index in [9.17, 15) is 0 Å². The number of nitrogens with zero attached hydrogens (tertiary/aromatic N) is 2. The molecule has 0 bridgehead atoms. The second-order valence-corrected chi connectivity index (χ2v) is 6.01. The summed E-state index contributed by atoms with van der Waals surface area (Å²) in [5, 5.41) is 0. The number of hydrogen-bond donors (Lipinski definition) is 0. The number of ether oxygens (including phenoxy) is 1. The number of aromatic nitrogens is 2. The molecule has 0 unspecified atom stereocenters. The molecule has 0 aliphatic carbocycles. The molecule has 0 radical (unpaired) electrons. The van der Waals surface area contributed by atoms with E-state index in [1.807, 2.05) is 6.20 Å². The Balaban J connectivity index is 2.76. The van der Waals surface area contributed by atoms with Gasteiger partial charge in [-0.15, -0.1) is 0 Å². The van der Waals surface area contributed by atoms with E-state index in [0.717, 1.165) is 30.7 Å². The molecule has 0 aliphatic heterocycles. The van der Waals surface area contributed by atoms with Gasteiger partial charge in [0.05, 0.1) is 12.8 Å². The molecule has 0 aliphatic rings. The van der Waals surface area contributed by atoms with Gasteiger partial charge in [-0.25, -0.2) is 4.98 Å². The van der Waals surface area contributed by atoms with E-state index in [1.54, 1.807) is 7.11 Å². The molecule has 102 valence electrons. The maximum Gasteiger partial charge on any atom is 0.235 e. The molecular weight excluding hydrogens is 224 g/mol. The third kappa shape index (κ3) is 5.03. The number of rotatable bonds is 6. The molecule has 0 saturated heterocycles. The zero-order chi connectivity index (χ0) is 13.6. The summed E-state index contributed by atoms with van der Waals surface area (Å²) < 4.78 is 5.36. The summed E-state index contributed by atoms with van der Waals surface area (Å²) in [4.78, 5) is 9.09. The Hall–Kier alpha value is -1.12. The molecule has 0 fully saturated rings. The van der Waals surface area contributed by atoms with E-state index in [0.29, 0.717) is 5.88 Å². The Kier molecular flexibility index (Phi) is 5.57. The Morgan fingerprint density at radius 1 is 1.22 bits per heavy atom. The summed E-state index contributed by atoms with van der Waals surface area (Å²) in [6.07, 6.45) is 7.38. The third-order valence-electron chi connectivity index (χ3n) is 2.78. The normalized spacial score (nSPS) is 11.6. The summed E-state index contributed by atoms with van der Waals surface area (Å²) in [7, 11) is 1.67. The smallest absolute Gasteiger partial charge is 0.235 e. The van der Waals surface area contributed by atoms with Crippen molar-refractivity contribution in [3.63, 3.8) is 0 Å². The van der Waals surface area contributed by atoms with Gasteiger partial charge in [-0.2, -0.15) is 0 Å². The van der Waals surface area contributed by atoms with Crippen molar-refractivity contribution in [2.75, 3.05) is 7.11 Å². The monoisotopic (exact) mass is 250 g/mol. The van der Waals surface area contributed by atoms with Crippen LogP contribution >= 0.6 is 0 Å². The van der Waals surface area contributed by atoms with Crippen molar-refractivity contribution < 1.29 is 4.74 Å². The van der Waals surface area contributed by atoms with E-state index in [-0.39, 0.29) is 5.41 Å². The highest BCUT2D eigenvalue weighted by molar-refractivity contribution is 5.20. The highest BCUT2D eigenvalue weighted by Gasteiger charge is 2.15. The van der Waals surface area contributed by atoms with E-state index >= 15 is 0 Å². The standard InChI is InChI=1S/C15H26N2O/c1-6-7-8-9-13-14(18-5)17-12(11-16-13)10-15(2,3)4/h11H,6-10H2,1-5H3. The zero-order valence-corrected chi connectivity index (χ0v) is 12.4. The molecule has 0 amide bonds. The maximum atomic E-state index is 5.36. The van der Waals surface area contributed by atoms with Gasteiger partial charge in [0.2, 0.25) is 5.88 Å². The van der Waals surface area contributed by atoms with Gasteiger partial charge in [0.25, 0.3) is 0 Å². The molecule has 0 aromatic carbocycles. The van der Waals surface area contributed by atoms with Gasteiger partial charge >= 0.3 is 0 Å². The fourth-order valence-corrected chi connectivity index (χ4v) is 1.94. The van der Waals surface area contributed by atoms with Crippen LogP contribution in [0.4, 0.5) is 0 Å². The molecule has 3 heteroatoms. The summed E-state index contributed by atoms with van der Waals surface area (Å²) in [5.41, 5.74) is 2.23. The van der Waals surface area contributed by atoms with Crippen molar-refractivity contribution in [1.82, 2.24) is 9.97 Å². The fraction of sp³-hybridized carbons (Fsp3) is 0.733. The van der Waals surface area contributed by atoms with Crippen LogP contribution in [0, 0.1) is 5.41 Å². The summed E-state index contributed by atoms with van der Waals surface area (Å²) in [5.74, 6) is 0.702. The average molecular weight is 250 g/mol. The Labute approximate surface area is 111 Å². The van der Waals surface area contributed by atoms with Gasteiger partial charge in [-0.3, -0.25) is 4.98 Å². The van der Waals surface area contributed by atoms with Crippen LogP contribution in [0.15, 0.2) is 6.20 Å². The van der Waals surface area contributed by atoms with Crippen LogP contribution in [-0.4, -0.2) is 17.1 Å². The van der Waals surface area contributed by atoms with E-state index in [4.69, 9.17) is 4.74 Å². The minimum Gasteiger partial charge on any atom is -0.480 e. The lowest BCUT2D eigenvalue weighted by Crippen LogP contribution is -2.12. The summed E-state index contributed by atoms with van der Waals surface area (Å²) in [6, 6.07) is 0. The Morgan fingerprint density at radius 3 is 2.50 bits per heavy atom. The molecular formula is C15H26N2O. The molecule has 1 aromatic heterocycles. The van der Waals surface area contributed by atoms with E-state index < -0.39 is 0 Å². The molecule has 1 heterocycles. The first-order valence-corrected chi connectivity index (χ1v) is 6.85. The van der Waals surface area contributed by atoms with Gasteiger partial charge in [0.15, 0.2) is 0 Å². The van der Waals surface area contributed by atoms with Gasteiger partial charge in [-0.05, 0) is 24.7 Å². The van der Waals surface area contributed by atoms with Crippen molar-refractivity contribution in [1.29, 1.82) is 0 Å². The minimum atomic E-state index is 0.226. The van der Waals surface area contributed by atoms with Crippen LogP contribution in [0.2, 0.25) is 0 Å². The van der Waals surface area contributed by atoms with Crippen molar-refractivity contribution in [3.8, 4) is 5.88 Å². The van der Waals surface area contributed by atoms with E-state index in [1.165, 1.54) is 12.8 Å². The van der Waals surface area contributed by atoms with Crippen LogP contribution in [0.25, 0.3) is 0 Å². The minimum absolute atomic E-state index is 0.226. The third-order valence-corrected chi connectivity index (χ3v) is 2.78. The van der Waals surface area contributed by atoms with E-state index in [2.05, 4.69) is 37.7 Å². The lowest BCUT2D eigenvalue weighted by Gasteiger charge is -2.18. The predicted molar refractivity (Wildman–Crippen MR) is 75.0 cm³/mol. The second kappa shape index (κ2) is 6.72. The van der Waals surface area contributed by atoms with Gasteiger partial charge < -0.3 is 4.74 Å². The lowest BCUT2D eigenvalue weighted by atomic mass is 9.91. The molecule has 3 nitrogen and oxygen atoms in total. The first kappa shape index (κ1) is 14.9. The summed E-state index contributed by atoms with van der Waals surface area (Å²) in [6.45, 7) is 8.82. The predicted octanol–water partition coefficient (Wildman–Crippen LogP) is 3.81. The largest absolute Gasteiger partial charge is 0.480 e. The number of methoxy groups -OCH3 is 1. The molecule has 0 atom stereocenters. The molecule has 1 rings (SSSR count). The molecule has 18 heavy (non-hydrogen) atoms. The summed E-state index contributed by atoms with van der Waals surface area (Å²) >= 11 is 0. The van der Waals surface area contributed by atoms with Gasteiger partial charge in [0.1, 0.15) is 5.69 Å². The Morgan fingerprint density at radius 2 is 1.94 bits per heavy atom.